The molecule has 0 fully saturated rings. The predicted octanol–water partition coefficient (Wildman–Crippen LogP) is 3.82. The predicted molar refractivity (Wildman–Crippen MR) is 98.6 cm³/mol. The van der Waals surface area contributed by atoms with E-state index in [4.69, 9.17) is 9.47 Å². The van der Waals surface area contributed by atoms with Gasteiger partial charge in [-0.3, -0.25) is 0 Å². The van der Waals surface area contributed by atoms with Crippen LogP contribution in [0.1, 0.15) is 12.0 Å². The van der Waals surface area contributed by atoms with Crippen molar-refractivity contribution in [3.05, 3.63) is 59.8 Å². The molecular weight excluding hydrogens is 368 g/mol. The van der Waals surface area contributed by atoms with E-state index in [2.05, 4.69) is 15.3 Å². The topological polar surface area (TPSA) is 76.5 Å². The Labute approximate surface area is 159 Å². The summed E-state index contributed by atoms with van der Waals surface area (Å²) in [5, 5.41) is 12.4. The van der Waals surface area contributed by atoms with E-state index in [9.17, 15) is 13.9 Å². The van der Waals surface area contributed by atoms with E-state index in [0.717, 1.165) is 6.20 Å². The molecule has 6 nitrogen and oxygen atoms in total. The zero-order valence-corrected chi connectivity index (χ0v) is 14.8. The SMILES string of the molecule is OCc1cc2nc(c1)OCCCOc1cc(F)ccc1-c1cc(ncc1F)N2. The highest BCUT2D eigenvalue weighted by molar-refractivity contribution is 5.73. The number of aliphatic hydroxyl groups excluding tert-OH is 1. The van der Waals surface area contributed by atoms with Gasteiger partial charge >= 0.3 is 0 Å². The van der Waals surface area contributed by atoms with Gasteiger partial charge in [0.05, 0.1) is 26.0 Å². The number of benzene rings is 1. The lowest BCUT2D eigenvalue weighted by atomic mass is 10.0. The standard InChI is InChI=1S/C20H17F2N3O3/c21-13-2-3-14-15-9-18(23-10-16(15)22)24-19-6-12(11-26)7-20(25-19)28-5-1-4-27-17(14)8-13/h2-3,6-10,26H,1,4-5,11H2,(H,23,24,25). The lowest BCUT2D eigenvalue weighted by molar-refractivity contribution is 0.241. The molecule has 1 aliphatic heterocycles. The Morgan fingerprint density at radius 3 is 2.71 bits per heavy atom. The molecule has 0 amide bonds. The van der Waals surface area contributed by atoms with Gasteiger partial charge in [0.2, 0.25) is 5.88 Å². The molecule has 1 aliphatic rings. The number of nitrogens with one attached hydrogen (secondary N) is 1. The average Bonchev–Trinajstić information content (AvgIpc) is 2.69. The Bertz CT molecular complexity index is 1010. The number of nitrogens with zero attached hydrogens (tertiary/aromatic N) is 2. The van der Waals surface area contributed by atoms with Crippen molar-refractivity contribution in [1.82, 2.24) is 9.97 Å². The number of pyridine rings is 2. The summed E-state index contributed by atoms with van der Waals surface area (Å²) in [6.07, 6.45) is 1.58. The van der Waals surface area contributed by atoms with Crippen molar-refractivity contribution in [3.8, 4) is 22.8 Å². The fourth-order valence-corrected chi connectivity index (χ4v) is 2.89. The Kier molecular flexibility index (Phi) is 5.03. The number of halogens is 2. The molecule has 0 saturated heterocycles. The minimum Gasteiger partial charge on any atom is -0.493 e. The minimum absolute atomic E-state index is 0.183. The van der Waals surface area contributed by atoms with Crippen molar-refractivity contribution in [1.29, 1.82) is 0 Å². The first-order valence-corrected chi connectivity index (χ1v) is 8.72. The van der Waals surface area contributed by atoms with Crippen LogP contribution in [0, 0.1) is 11.6 Å². The summed E-state index contributed by atoms with van der Waals surface area (Å²) >= 11 is 0. The molecule has 28 heavy (non-hydrogen) atoms. The van der Waals surface area contributed by atoms with Crippen LogP contribution in [0.4, 0.5) is 20.4 Å². The summed E-state index contributed by atoms with van der Waals surface area (Å²) < 4.78 is 39.5. The lowest BCUT2D eigenvalue weighted by Crippen LogP contribution is -2.08. The van der Waals surface area contributed by atoms with Gasteiger partial charge in [-0.15, -0.1) is 0 Å². The summed E-state index contributed by atoms with van der Waals surface area (Å²) in [7, 11) is 0. The number of fused-ring (bicyclic) bond motifs is 6. The van der Waals surface area contributed by atoms with E-state index < -0.39 is 11.6 Å². The summed E-state index contributed by atoms with van der Waals surface area (Å²) in [6, 6.07) is 8.72. The molecular formula is C20H17F2N3O3. The number of hydrogen-bond donors (Lipinski definition) is 2. The molecule has 0 saturated carbocycles. The monoisotopic (exact) mass is 385 g/mol. The zero-order chi connectivity index (χ0) is 19.5. The van der Waals surface area contributed by atoms with Crippen LogP contribution in [-0.4, -0.2) is 28.3 Å². The van der Waals surface area contributed by atoms with Gasteiger partial charge in [-0.1, -0.05) is 0 Å². The van der Waals surface area contributed by atoms with Gasteiger partial charge in [0.1, 0.15) is 29.0 Å². The first kappa shape index (κ1) is 18.1. The van der Waals surface area contributed by atoms with E-state index in [1.165, 1.54) is 24.3 Å². The normalized spacial score (nSPS) is 13.4. The van der Waals surface area contributed by atoms with E-state index in [-0.39, 0.29) is 24.5 Å². The second-order valence-corrected chi connectivity index (χ2v) is 6.22. The molecule has 4 rings (SSSR count). The Balaban J connectivity index is 1.82. The maximum atomic E-state index is 14.5. The smallest absolute Gasteiger partial charge is 0.215 e. The number of ether oxygens (including phenoxy) is 2. The van der Waals surface area contributed by atoms with Gasteiger partial charge in [0, 0.05) is 29.7 Å². The number of anilines is 2. The van der Waals surface area contributed by atoms with Crippen molar-refractivity contribution in [2.24, 2.45) is 0 Å². The largest absolute Gasteiger partial charge is 0.493 e. The average molecular weight is 385 g/mol. The van der Waals surface area contributed by atoms with E-state index in [1.807, 2.05) is 0 Å². The van der Waals surface area contributed by atoms with E-state index >= 15 is 0 Å². The quantitative estimate of drug-likeness (QED) is 0.663. The van der Waals surface area contributed by atoms with Crippen LogP contribution < -0.4 is 14.8 Å². The summed E-state index contributed by atoms with van der Waals surface area (Å²) in [5.74, 6) is 0.276. The molecule has 2 N–H and O–H groups in total. The molecule has 144 valence electrons. The van der Waals surface area contributed by atoms with Crippen LogP contribution in [0.2, 0.25) is 0 Å². The highest BCUT2D eigenvalue weighted by atomic mass is 19.1. The first-order chi connectivity index (χ1) is 13.6. The van der Waals surface area contributed by atoms with Gasteiger partial charge in [0.15, 0.2) is 0 Å². The molecule has 0 aliphatic carbocycles. The molecule has 0 atom stereocenters. The van der Waals surface area contributed by atoms with Gasteiger partial charge in [-0.2, -0.15) is 4.98 Å². The van der Waals surface area contributed by atoms with Crippen LogP contribution in [-0.2, 0) is 6.61 Å². The highest BCUT2D eigenvalue weighted by Gasteiger charge is 2.15. The molecule has 4 bridgehead atoms. The second kappa shape index (κ2) is 7.77. The van der Waals surface area contributed by atoms with Crippen LogP contribution in [0.3, 0.4) is 0 Å². The van der Waals surface area contributed by atoms with Crippen LogP contribution in [0.15, 0.2) is 42.6 Å². The van der Waals surface area contributed by atoms with Gasteiger partial charge in [0.25, 0.3) is 0 Å². The summed E-state index contributed by atoms with van der Waals surface area (Å²) in [5.41, 5.74) is 1.25. The van der Waals surface area contributed by atoms with E-state index in [1.54, 1.807) is 12.1 Å². The number of rotatable bonds is 1. The maximum Gasteiger partial charge on any atom is 0.215 e. The van der Waals surface area contributed by atoms with E-state index in [0.29, 0.717) is 41.7 Å². The molecule has 0 spiro atoms. The Morgan fingerprint density at radius 1 is 1.00 bits per heavy atom. The molecule has 0 unspecified atom stereocenters. The molecule has 1 aromatic carbocycles. The lowest BCUT2D eigenvalue weighted by Gasteiger charge is -2.15. The molecule has 8 heteroatoms. The number of aliphatic hydroxyl groups is 1. The van der Waals surface area contributed by atoms with Gasteiger partial charge < -0.3 is 19.9 Å². The van der Waals surface area contributed by atoms with Crippen molar-refractivity contribution >= 4 is 11.6 Å². The minimum atomic E-state index is -0.560. The highest BCUT2D eigenvalue weighted by Crippen LogP contribution is 2.34. The molecule has 2 aromatic heterocycles. The Hall–Kier alpha value is -3.26. The Morgan fingerprint density at radius 2 is 1.86 bits per heavy atom. The number of aromatic nitrogens is 2. The van der Waals surface area contributed by atoms with Crippen molar-refractivity contribution < 1.29 is 23.4 Å². The number of hydrogen-bond acceptors (Lipinski definition) is 6. The zero-order valence-electron chi connectivity index (χ0n) is 14.8. The summed E-state index contributed by atoms with van der Waals surface area (Å²) in [4.78, 5) is 8.37. The third-order valence-corrected chi connectivity index (χ3v) is 4.19. The fraction of sp³-hybridized carbons (Fsp3) is 0.200. The first-order valence-electron chi connectivity index (χ1n) is 8.72. The fourth-order valence-electron chi connectivity index (χ4n) is 2.89. The van der Waals surface area contributed by atoms with Gasteiger partial charge in [-0.05, 0) is 29.8 Å². The van der Waals surface area contributed by atoms with Crippen molar-refractivity contribution in [3.63, 3.8) is 0 Å². The maximum absolute atomic E-state index is 14.5. The third kappa shape index (κ3) is 3.86. The van der Waals surface area contributed by atoms with Crippen LogP contribution >= 0.6 is 0 Å². The van der Waals surface area contributed by atoms with Crippen molar-refractivity contribution in [2.75, 3.05) is 18.5 Å². The van der Waals surface area contributed by atoms with Crippen LogP contribution in [0.25, 0.3) is 11.1 Å². The molecule has 0 radical (unpaired) electrons. The molecule has 3 aromatic rings. The van der Waals surface area contributed by atoms with Crippen LogP contribution in [0.5, 0.6) is 11.6 Å². The second-order valence-electron chi connectivity index (χ2n) is 6.22. The molecule has 3 heterocycles. The van der Waals surface area contributed by atoms with Crippen molar-refractivity contribution in [2.45, 2.75) is 13.0 Å². The van der Waals surface area contributed by atoms with Gasteiger partial charge in [-0.25, -0.2) is 13.8 Å². The summed E-state index contributed by atoms with van der Waals surface area (Å²) in [6.45, 7) is 0.377. The third-order valence-electron chi connectivity index (χ3n) is 4.19.